The van der Waals surface area contributed by atoms with Gasteiger partial charge in [0.1, 0.15) is 5.54 Å². The van der Waals surface area contributed by atoms with Gasteiger partial charge in [-0.05, 0) is 37.0 Å². The highest BCUT2D eigenvalue weighted by atomic mass is 16.5. The maximum Gasteiger partial charge on any atom is 0.337 e. The molecule has 1 saturated heterocycles. The predicted octanol–water partition coefficient (Wildman–Crippen LogP) is 4.19. The van der Waals surface area contributed by atoms with Crippen LogP contribution in [0.5, 0.6) is 0 Å². The molecular weight excluding hydrogens is 376 g/mol. The zero-order valence-corrected chi connectivity index (χ0v) is 17.6. The summed E-state index contributed by atoms with van der Waals surface area (Å²) in [6, 6.07) is 19.8. The van der Waals surface area contributed by atoms with Gasteiger partial charge in [-0.25, -0.2) is 4.79 Å². The molecule has 0 N–H and O–H groups in total. The summed E-state index contributed by atoms with van der Waals surface area (Å²) in [7, 11) is 0. The van der Waals surface area contributed by atoms with Crippen LogP contribution in [-0.2, 0) is 20.7 Å². The van der Waals surface area contributed by atoms with Gasteiger partial charge in [-0.2, -0.15) is 0 Å². The second-order valence-electron chi connectivity index (χ2n) is 7.60. The third kappa shape index (κ3) is 4.79. The van der Waals surface area contributed by atoms with Crippen LogP contribution in [0.1, 0.15) is 31.7 Å². The Kier molecular flexibility index (Phi) is 7.41. The van der Waals surface area contributed by atoms with Crippen LogP contribution in [0.25, 0.3) is 0 Å². The zero-order chi connectivity index (χ0) is 21.4. The summed E-state index contributed by atoms with van der Waals surface area (Å²) in [6.45, 7) is 7.73. The molecule has 1 aliphatic rings. The number of nitrogens with zero attached hydrogens (tertiary/aromatic N) is 2. The van der Waals surface area contributed by atoms with Crippen LogP contribution in [0.4, 0.5) is 5.69 Å². The van der Waals surface area contributed by atoms with Gasteiger partial charge >= 0.3 is 5.97 Å². The number of piperidine rings is 1. The molecule has 2 aromatic rings. The first-order valence-corrected chi connectivity index (χ1v) is 10.6. The summed E-state index contributed by atoms with van der Waals surface area (Å²) in [5.74, 6) is -0.495. The number of rotatable bonds is 8. The Morgan fingerprint density at radius 2 is 1.67 bits per heavy atom. The van der Waals surface area contributed by atoms with Gasteiger partial charge in [0.15, 0.2) is 0 Å². The number of amides is 1. The maximum atomic E-state index is 13.1. The van der Waals surface area contributed by atoms with Crippen LogP contribution < -0.4 is 4.90 Å². The SMILES string of the molecule is C=COC(=O)C1(N(C(=O)CC)c2ccccc2)CCN(CCc2ccccc2)CC1. The fraction of sp³-hybridized carbons (Fsp3) is 0.360. The van der Waals surface area contributed by atoms with Gasteiger partial charge in [0.2, 0.25) is 5.91 Å². The number of para-hydroxylation sites is 1. The number of carbonyl (C=O) groups excluding carboxylic acids is 2. The molecule has 0 unspecified atom stereocenters. The predicted molar refractivity (Wildman–Crippen MR) is 119 cm³/mol. The Labute approximate surface area is 178 Å². The first-order valence-electron chi connectivity index (χ1n) is 10.6. The number of likely N-dealkylation sites (tertiary alicyclic amines) is 1. The van der Waals surface area contributed by atoms with Crippen molar-refractivity contribution in [1.29, 1.82) is 0 Å². The van der Waals surface area contributed by atoms with Gasteiger partial charge in [-0.1, -0.05) is 62.0 Å². The van der Waals surface area contributed by atoms with Gasteiger partial charge in [0.25, 0.3) is 0 Å². The van der Waals surface area contributed by atoms with E-state index in [0.29, 0.717) is 19.3 Å². The van der Waals surface area contributed by atoms with Crippen molar-refractivity contribution < 1.29 is 14.3 Å². The summed E-state index contributed by atoms with van der Waals surface area (Å²) < 4.78 is 5.26. The van der Waals surface area contributed by atoms with Crippen LogP contribution in [0.3, 0.4) is 0 Å². The molecule has 0 radical (unpaired) electrons. The largest absolute Gasteiger partial charge is 0.433 e. The molecule has 1 heterocycles. The van der Waals surface area contributed by atoms with Crippen LogP contribution in [0, 0.1) is 0 Å². The molecule has 158 valence electrons. The monoisotopic (exact) mass is 406 g/mol. The normalized spacial score (nSPS) is 15.9. The number of hydrogen-bond acceptors (Lipinski definition) is 4. The van der Waals surface area contributed by atoms with E-state index in [1.165, 1.54) is 5.56 Å². The number of benzene rings is 2. The Hall–Kier alpha value is -2.92. The van der Waals surface area contributed by atoms with E-state index in [9.17, 15) is 9.59 Å². The van der Waals surface area contributed by atoms with E-state index in [-0.39, 0.29) is 5.91 Å². The van der Waals surface area contributed by atoms with E-state index in [0.717, 1.165) is 38.0 Å². The molecule has 2 aromatic carbocycles. The average molecular weight is 407 g/mol. The molecule has 0 aromatic heterocycles. The molecule has 5 nitrogen and oxygen atoms in total. The molecule has 0 atom stereocenters. The molecule has 5 heteroatoms. The highest BCUT2D eigenvalue weighted by Crippen LogP contribution is 2.35. The lowest BCUT2D eigenvalue weighted by molar-refractivity contribution is -0.148. The van der Waals surface area contributed by atoms with Crippen molar-refractivity contribution in [2.75, 3.05) is 24.5 Å². The first-order chi connectivity index (χ1) is 14.6. The topological polar surface area (TPSA) is 49.9 Å². The lowest BCUT2D eigenvalue weighted by Crippen LogP contribution is -2.62. The number of esters is 1. The minimum absolute atomic E-state index is 0.0834. The van der Waals surface area contributed by atoms with E-state index in [2.05, 4.69) is 35.7 Å². The van der Waals surface area contributed by atoms with Crippen molar-refractivity contribution in [3.63, 3.8) is 0 Å². The standard InChI is InChI=1S/C25H30N2O3/c1-3-23(28)27(22-13-9-6-10-14-22)25(24(29)30-4-2)16-19-26(20-17-25)18-15-21-11-7-5-8-12-21/h4-14H,2-3,15-20H2,1H3. The minimum atomic E-state index is -1.02. The molecule has 1 fully saturated rings. The smallest absolute Gasteiger partial charge is 0.337 e. The van der Waals surface area contributed by atoms with Crippen molar-refractivity contribution >= 4 is 17.6 Å². The fourth-order valence-corrected chi connectivity index (χ4v) is 4.15. The number of hydrogen-bond donors (Lipinski definition) is 0. The fourth-order valence-electron chi connectivity index (χ4n) is 4.15. The Balaban J connectivity index is 1.81. The second kappa shape index (κ2) is 10.2. The van der Waals surface area contributed by atoms with Gasteiger partial charge in [-0.3, -0.25) is 9.69 Å². The lowest BCUT2D eigenvalue weighted by Gasteiger charge is -2.46. The van der Waals surface area contributed by atoms with E-state index in [1.807, 2.05) is 43.3 Å². The van der Waals surface area contributed by atoms with Crippen molar-refractivity contribution in [3.8, 4) is 0 Å². The Morgan fingerprint density at radius 3 is 2.23 bits per heavy atom. The molecule has 3 rings (SSSR count). The molecule has 0 saturated carbocycles. The highest BCUT2D eigenvalue weighted by Gasteiger charge is 2.49. The van der Waals surface area contributed by atoms with Crippen molar-refractivity contribution in [1.82, 2.24) is 4.90 Å². The summed E-state index contributed by atoms with van der Waals surface area (Å²) in [6.07, 6.45) is 3.48. The number of carbonyl (C=O) groups is 2. The van der Waals surface area contributed by atoms with E-state index >= 15 is 0 Å². The molecule has 1 amide bonds. The average Bonchev–Trinajstić information content (AvgIpc) is 2.80. The van der Waals surface area contributed by atoms with E-state index in [4.69, 9.17) is 4.74 Å². The third-order valence-corrected chi connectivity index (χ3v) is 5.81. The summed E-state index contributed by atoms with van der Waals surface area (Å²) in [5.41, 5.74) is 1.00. The van der Waals surface area contributed by atoms with Crippen LogP contribution >= 0.6 is 0 Å². The van der Waals surface area contributed by atoms with Crippen LogP contribution in [-0.4, -0.2) is 41.9 Å². The Bertz CT molecular complexity index is 843. The number of ether oxygens (including phenoxy) is 1. The Morgan fingerprint density at radius 1 is 1.07 bits per heavy atom. The number of anilines is 1. The lowest BCUT2D eigenvalue weighted by atomic mass is 9.84. The molecule has 1 aliphatic heterocycles. The van der Waals surface area contributed by atoms with Gasteiger partial charge < -0.3 is 9.64 Å². The first kappa shape index (κ1) is 21.8. The summed E-state index contributed by atoms with van der Waals surface area (Å²) in [5, 5.41) is 0. The van der Waals surface area contributed by atoms with E-state index < -0.39 is 11.5 Å². The summed E-state index contributed by atoms with van der Waals surface area (Å²) in [4.78, 5) is 30.1. The van der Waals surface area contributed by atoms with E-state index in [1.54, 1.807) is 4.90 Å². The van der Waals surface area contributed by atoms with Gasteiger partial charge in [0.05, 0.1) is 6.26 Å². The molecule has 30 heavy (non-hydrogen) atoms. The summed E-state index contributed by atoms with van der Waals surface area (Å²) >= 11 is 0. The third-order valence-electron chi connectivity index (χ3n) is 5.81. The van der Waals surface area contributed by atoms with Crippen molar-refractivity contribution in [2.24, 2.45) is 0 Å². The minimum Gasteiger partial charge on any atom is -0.433 e. The highest BCUT2D eigenvalue weighted by molar-refractivity contribution is 6.02. The molecule has 0 bridgehead atoms. The second-order valence-corrected chi connectivity index (χ2v) is 7.60. The molecular formula is C25H30N2O3. The maximum absolute atomic E-state index is 13.1. The van der Waals surface area contributed by atoms with Crippen LogP contribution in [0.15, 0.2) is 73.5 Å². The molecule has 0 aliphatic carbocycles. The van der Waals surface area contributed by atoms with Crippen LogP contribution in [0.2, 0.25) is 0 Å². The zero-order valence-electron chi connectivity index (χ0n) is 17.6. The van der Waals surface area contributed by atoms with Gasteiger partial charge in [-0.15, -0.1) is 0 Å². The quantitative estimate of drug-likeness (QED) is 0.487. The van der Waals surface area contributed by atoms with Crippen molar-refractivity contribution in [2.45, 2.75) is 38.1 Å². The van der Waals surface area contributed by atoms with Gasteiger partial charge in [0, 0.05) is 31.7 Å². The van der Waals surface area contributed by atoms with Crippen molar-refractivity contribution in [3.05, 3.63) is 79.1 Å². The molecule has 0 spiro atoms.